The minimum atomic E-state index is -0.968. The molecule has 1 fully saturated rings. The number of carbonyl (C=O) groups excluding carboxylic acids is 3. The summed E-state index contributed by atoms with van der Waals surface area (Å²) in [6, 6.07) is -0.609. The molecule has 8 nitrogen and oxygen atoms in total. The van der Waals surface area contributed by atoms with E-state index in [1.165, 1.54) is 20.3 Å². The zero-order valence-electron chi connectivity index (χ0n) is 11.3. The van der Waals surface area contributed by atoms with Gasteiger partial charge in [-0.2, -0.15) is 0 Å². The first kappa shape index (κ1) is 13.9. The number of nitrogens with one attached hydrogen (secondary N) is 2. The Morgan fingerprint density at radius 2 is 1.95 bits per heavy atom. The molecule has 8 heteroatoms. The van der Waals surface area contributed by atoms with Gasteiger partial charge in [0.15, 0.2) is 12.1 Å². The maximum absolute atomic E-state index is 11.9. The molecule has 0 aromatic carbocycles. The average Bonchev–Trinajstić information content (AvgIpc) is 2.95. The van der Waals surface area contributed by atoms with Gasteiger partial charge in [-0.05, 0) is 0 Å². The molecule has 0 atom stereocenters. The number of amides is 4. The second kappa shape index (κ2) is 5.64. The van der Waals surface area contributed by atoms with Gasteiger partial charge >= 0.3 is 6.03 Å². The Balaban J connectivity index is 1.98. The van der Waals surface area contributed by atoms with Crippen LogP contribution in [0.25, 0.3) is 0 Å². The number of aromatic nitrogens is 2. The summed E-state index contributed by atoms with van der Waals surface area (Å²) in [4.78, 5) is 47.0. The van der Waals surface area contributed by atoms with Crippen molar-refractivity contribution in [3.8, 4) is 0 Å². The van der Waals surface area contributed by atoms with Gasteiger partial charge in [0.1, 0.15) is 6.54 Å². The first-order valence-electron chi connectivity index (χ1n) is 6.15. The highest BCUT2D eigenvalue weighted by Crippen LogP contribution is 2.12. The molecule has 2 N–H and O–H groups in total. The van der Waals surface area contributed by atoms with Gasteiger partial charge in [0, 0.05) is 32.4 Å². The maximum Gasteiger partial charge on any atom is 0.332 e. The largest absolute Gasteiger partial charge is 0.348 e. The summed E-state index contributed by atoms with van der Waals surface area (Å²) in [5, 5.41) is 0. The number of barbiturate groups is 1. The summed E-state index contributed by atoms with van der Waals surface area (Å²) in [7, 11) is 2.72. The Kier molecular flexibility index (Phi) is 3.92. The lowest BCUT2D eigenvalue weighted by Crippen LogP contribution is -2.73. The predicted molar refractivity (Wildman–Crippen MR) is 68.6 cm³/mol. The third-order valence-electron chi connectivity index (χ3n) is 3.15. The number of rotatable bonds is 4. The van der Waals surface area contributed by atoms with Crippen LogP contribution in [0.5, 0.6) is 0 Å². The van der Waals surface area contributed by atoms with Crippen molar-refractivity contribution < 1.29 is 19.4 Å². The van der Waals surface area contributed by atoms with Crippen molar-refractivity contribution in [2.24, 2.45) is 5.92 Å². The molecule has 1 saturated heterocycles. The molecule has 4 amide bonds. The molecule has 1 aliphatic rings. The number of carbonyl (C=O) groups is 3. The van der Waals surface area contributed by atoms with Crippen LogP contribution >= 0.6 is 0 Å². The highest BCUT2D eigenvalue weighted by Gasteiger charge is 2.43. The summed E-state index contributed by atoms with van der Waals surface area (Å²) in [5.41, 5.74) is 0.955. The van der Waals surface area contributed by atoms with Gasteiger partial charge in [-0.1, -0.05) is 0 Å². The summed E-state index contributed by atoms with van der Waals surface area (Å²) in [6.07, 6.45) is 5.41. The first-order chi connectivity index (χ1) is 9.52. The van der Waals surface area contributed by atoms with Crippen LogP contribution in [-0.2, 0) is 16.0 Å². The Morgan fingerprint density at radius 3 is 2.50 bits per heavy atom. The van der Waals surface area contributed by atoms with Crippen molar-refractivity contribution in [2.45, 2.75) is 6.42 Å². The van der Waals surface area contributed by atoms with E-state index in [1.807, 2.05) is 0 Å². The molecule has 0 unspecified atom stereocenters. The molecule has 2 rings (SSSR count). The lowest BCUT2D eigenvalue weighted by Gasteiger charge is -2.30. The van der Waals surface area contributed by atoms with Crippen LogP contribution in [0.1, 0.15) is 5.69 Å². The SMILES string of the molecule is CN1C(=O)C(C=[NH+]CCc2cnc[nH]2)C(=O)N(C)C1=O. The number of urea groups is 1. The number of hydrogen-bond donors (Lipinski definition) is 2. The fourth-order valence-electron chi connectivity index (χ4n) is 1.91. The topological polar surface area (TPSA) is 100 Å². The number of imide groups is 2. The van der Waals surface area contributed by atoms with Crippen molar-refractivity contribution in [3.05, 3.63) is 18.2 Å². The Bertz CT molecular complexity index is 527. The quantitative estimate of drug-likeness (QED) is 0.481. The van der Waals surface area contributed by atoms with Crippen LogP contribution < -0.4 is 4.99 Å². The predicted octanol–water partition coefficient (Wildman–Crippen LogP) is -2.23. The number of imidazole rings is 1. The van der Waals surface area contributed by atoms with Crippen LogP contribution in [0.2, 0.25) is 0 Å². The third-order valence-corrected chi connectivity index (χ3v) is 3.15. The zero-order chi connectivity index (χ0) is 14.7. The number of hydrogen-bond acceptors (Lipinski definition) is 4. The van der Waals surface area contributed by atoms with Gasteiger partial charge in [0.05, 0.1) is 6.33 Å². The molecule has 20 heavy (non-hydrogen) atoms. The van der Waals surface area contributed by atoms with Crippen molar-refractivity contribution in [3.63, 3.8) is 0 Å². The highest BCUT2D eigenvalue weighted by atomic mass is 16.2. The summed E-state index contributed by atoms with van der Waals surface area (Å²) in [5.74, 6) is -2.01. The van der Waals surface area contributed by atoms with E-state index in [2.05, 4.69) is 15.0 Å². The maximum atomic E-state index is 11.9. The monoisotopic (exact) mass is 278 g/mol. The molecule has 0 bridgehead atoms. The molecular weight excluding hydrogens is 262 g/mol. The molecule has 0 saturated carbocycles. The van der Waals surface area contributed by atoms with Crippen LogP contribution in [0.15, 0.2) is 12.5 Å². The fraction of sp³-hybridized carbons (Fsp3) is 0.417. The van der Waals surface area contributed by atoms with Crippen molar-refractivity contribution in [1.29, 1.82) is 0 Å². The second-order valence-corrected chi connectivity index (χ2v) is 4.50. The van der Waals surface area contributed by atoms with Gasteiger partial charge in [0.2, 0.25) is 0 Å². The normalized spacial score (nSPS) is 17.6. The van der Waals surface area contributed by atoms with Crippen LogP contribution in [-0.4, -0.2) is 64.5 Å². The number of nitrogens with zero attached hydrogens (tertiary/aromatic N) is 3. The molecule has 106 valence electrons. The van der Waals surface area contributed by atoms with E-state index in [9.17, 15) is 14.4 Å². The van der Waals surface area contributed by atoms with Crippen LogP contribution in [0.4, 0.5) is 4.79 Å². The Hall–Kier alpha value is -2.51. The van der Waals surface area contributed by atoms with Gasteiger partial charge in [-0.15, -0.1) is 0 Å². The smallest absolute Gasteiger partial charge is 0.332 e. The van der Waals surface area contributed by atoms with Gasteiger partial charge < -0.3 is 4.98 Å². The fourth-order valence-corrected chi connectivity index (χ4v) is 1.91. The molecule has 1 aromatic rings. The summed E-state index contributed by atoms with van der Waals surface area (Å²) < 4.78 is 0. The third kappa shape index (κ3) is 2.58. The van der Waals surface area contributed by atoms with E-state index in [0.717, 1.165) is 15.5 Å². The molecule has 0 spiro atoms. The Labute approximate surface area is 115 Å². The average molecular weight is 278 g/mol. The number of aromatic amines is 1. The summed E-state index contributed by atoms with van der Waals surface area (Å²) in [6.45, 7) is 0.556. The van der Waals surface area contributed by atoms with Crippen molar-refractivity contribution in [1.82, 2.24) is 19.8 Å². The van der Waals surface area contributed by atoms with Gasteiger partial charge in [-0.25, -0.2) is 9.78 Å². The van der Waals surface area contributed by atoms with Gasteiger partial charge in [0.25, 0.3) is 11.8 Å². The van der Waals surface area contributed by atoms with Crippen LogP contribution in [0, 0.1) is 5.92 Å². The van der Waals surface area contributed by atoms with E-state index in [0.29, 0.717) is 13.0 Å². The van der Waals surface area contributed by atoms with E-state index in [1.54, 1.807) is 12.5 Å². The minimum Gasteiger partial charge on any atom is -0.348 e. The van der Waals surface area contributed by atoms with Gasteiger partial charge in [-0.3, -0.25) is 24.4 Å². The lowest BCUT2D eigenvalue weighted by molar-refractivity contribution is -0.452. The van der Waals surface area contributed by atoms with Crippen molar-refractivity contribution in [2.75, 3.05) is 20.6 Å². The minimum absolute atomic E-state index is 0.521. The van der Waals surface area contributed by atoms with Crippen molar-refractivity contribution >= 4 is 24.1 Å². The molecule has 2 heterocycles. The second-order valence-electron chi connectivity index (χ2n) is 4.50. The molecule has 0 aliphatic carbocycles. The molecule has 0 radical (unpaired) electrons. The zero-order valence-corrected chi connectivity index (χ0v) is 11.3. The molecule has 1 aromatic heterocycles. The summed E-state index contributed by atoms with van der Waals surface area (Å²) >= 11 is 0. The standard InChI is InChI=1S/C12H15N5O3/c1-16-10(18)9(11(19)17(2)12(16)20)6-13-4-3-8-5-14-7-15-8/h5-7,9H,3-4H2,1-2H3,(H,14,15)/p+1. The van der Waals surface area contributed by atoms with Crippen LogP contribution in [0.3, 0.4) is 0 Å². The van der Waals surface area contributed by atoms with E-state index >= 15 is 0 Å². The first-order valence-corrected chi connectivity index (χ1v) is 6.15. The lowest BCUT2D eigenvalue weighted by atomic mass is 10.1. The van der Waals surface area contributed by atoms with E-state index in [4.69, 9.17) is 0 Å². The molecule has 1 aliphatic heterocycles. The molecular formula is C12H16N5O3+. The van der Waals surface area contributed by atoms with E-state index < -0.39 is 23.8 Å². The Morgan fingerprint density at radius 1 is 1.30 bits per heavy atom. The highest BCUT2D eigenvalue weighted by molar-refractivity contribution is 6.22. The van der Waals surface area contributed by atoms with E-state index in [-0.39, 0.29) is 0 Å². The number of H-pyrrole nitrogens is 1.